The lowest BCUT2D eigenvalue weighted by atomic mass is 10.1. The monoisotopic (exact) mass is 196 g/mol. The minimum absolute atomic E-state index is 0.336. The third kappa shape index (κ3) is 1.50. The average Bonchev–Trinajstić information content (AvgIpc) is 2.61. The molecule has 0 unspecified atom stereocenters. The van der Waals surface area contributed by atoms with E-state index >= 15 is 0 Å². The van der Waals surface area contributed by atoms with Crippen molar-refractivity contribution in [3.05, 3.63) is 17.0 Å². The van der Waals surface area contributed by atoms with Gasteiger partial charge in [-0.25, -0.2) is 4.79 Å². The van der Waals surface area contributed by atoms with Crippen LogP contribution < -0.4 is 5.32 Å². The van der Waals surface area contributed by atoms with Crippen molar-refractivity contribution in [3.8, 4) is 0 Å². The van der Waals surface area contributed by atoms with Gasteiger partial charge in [-0.05, 0) is 19.9 Å². The number of nitrogens with one attached hydrogen (secondary N) is 1. The summed E-state index contributed by atoms with van der Waals surface area (Å²) in [6.45, 7) is 3.62. The number of carbonyl (C=O) groups is 1. The molecular formula is C9H12N2O3. The van der Waals surface area contributed by atoms with E-state index in [4.69, 9.17) is 9.26 Å². The van der Waals surface area contributed by atoms with Gasteiger partial charge in [0.15, 0.2) is 11.5 Å². The molecule has 0 amide bonds. The summed E-state index contributed by atoms with van der Waals surface area (Å²) >= 11 is 0. The zero-order valence-electron chi connectivity index (χ0n) is 8.00. The van der Waals surface area contributed by atoms with Crippen LogP contribution in [0.4, 0.5) is 0 Å². The Morgan fingerprint density at radius 3 is 3.36 bits per heavy atom. The van der Waals surface area contributed by atoms with Gasteiger partial charge in [0.1, 0.15) is 0 Å². The molecule has 5 heteroatoms. The van der Waals surface area contributed by atoms with Gasteiger partial charge in [0.2, 0.25) is 0 Å². The Hall–Kier alpha value is -1.36. The van der Waals surface area contributed by atoms with Crippen LogP contribution >= 0.6 is 0 Å². The van der Waals surface area contributed by atoms with E-state index in [2.05, 4.69) is 10.5 Å². The van der Waals surface area contributed by atoms with E-state index in [1.165, 1.54) is 0 Å². The van der Waals surface area contributed by atoms with Gasteiger partial charge in [0, 0.05) is 5.56 Å². The van der Waals surface area contributed by atoms with Crippen molar-refractivity contribution in [2.24, 2.45) is 0 Å². The average molecular weight is 196 g/mol. The molecule has 0 aliphatic carbocycles. The first kappa shape index (κ1) is 9.21. The van der Waals surface area contributed by atoms with Crippen LogP contribution in [0.2, 0.25) is 0 Å². The van der Waals surface area contributed by atoms with Crippen LogP contribution in [-0.4, -0.2) is 24.3 Å². The highest BCUT2D eigenvalue weighted by atomic mass is 16.5. The molecule has 0 fully saturated rings. The van der Waals surface area contributed by atoms with Crippen molar-refractivity contribution in [2.45, 2.75) is 19.9 Å². The highest BCUT2D eigenvalue weighted by Gasteiger charge is 2.24. The fourth-order valence-corrected chi connectivity index (χ4v) is 1.52. The maximum atomic E-state index is 11.4. The van der Waals surface area contributed by atoms with Crippen molar-refractivity contribution in [1.29, 1.82) is 0 Å². The number of nitrogens with zero attached hydrogens (tertiary/aromatic N) is 1. The predicted octanol–water partition coefficient (Wildman–Crippen LogP) is 0.497. The Morgan fingerprint density at radius 2 is 2.57 bits per heavy atom. The lowest BCUT2D eigenvalue weighted by molar-refractivity contribution is 0.0513. The molecule has 2 rings (SSSR count). The Kier molecular flexibility index (Phi) is 2.49. The maximum Gasteiger partial charge on any atom is 0.360 e. The fraction of sp³-hybridized carbons (Fsp3) is 0.556. The van der Waals surface area contributed by atoms with E-state index < -0.39 is 0 Å². The summed E-state index contributed by atoms with van der Waals surface area (Å²) in [5.41, 5.74) is 1.23. The molecule has 76 valence electrons. The molecule has 0 bridgehead atoms. The van der Waals surface area contributed by atoms with Crippen LogP contribution in [0.15, 0.2) is 4.52 Å². The molecule has 1 aromatic heterocycles. The minimum atomic E-state index is -0.389. The second-order valence-electron chi connectivity index (χ2n) is 3.08. The molecule has 1 aliphatic heterocycles. The van der Waals surface area contributed by atoms with Gasteiger partial charge >= 0.3 is 5.97 Å². The molecule has 0 radical (unpaired) electrons. The van der Waals surface area contributed by atoms with Gasteiger partial charge < -0.3 is 14.6 Å². The molecule has 5 nitrogen and oxygen atoms in total. The third-order valence-corrected chi connectivity index (χ3v) is 2.18. The van der Waals surface area contributed by atoms with E-state index in [1.54, 1.807) is 6.92 Å². The normalized spacial score (nSPS) is 14.9. The van der Waals surface area contributed by atoms with Crippen LogP contribution in [0.5, 0.6) is 0 Å². The van der Waals surface area contributed by atoms with Gasteiger partial charge in [0.05, 0.1) is 13.2 Å². The van der Waals surface area contributed by atoms with E-state index in [0.717, 1.165) is 24.3 Å². The molecule has 1 N–H and O–H groups in total. The second-order valence-corrected chi connectivity index (χ2v) is 3.08. The lowest BCUT2D eigenvalue weighted by Crippen LogP contribution is -2.23. The van der Waals surface area contributed by atoms with Crippen LogP contribution in [0, 0.1) is 0 Å². The molecule has 1 aromatic rings. The fourth-order valence-electron chi connectivity index (χ4n) is 1.52. The lowest BCUT2D eigenvalue weighted by Gasteiger charge is -2.10. The first-order valence-electron chi connectivity index (χ1n) is 4.68. The van der Waals surface area contributed by atoms with Crippen LogP contribution in [0.25, 0.3) is 0 Å². The van der Waals surface area contributed by atoms with Crippen LogP contribution in [0.1, 0.15) is 28.7 Å². The molecule has 1 aliphatic rings. The largest absolute Gasteiger partial charge is 0.461 e. The molecular weight excluding hydrogens is 184 g/mol. The van der Waals surface area contributed by atoms with E-state index in [0.29, 0.717) is 18.8 Å². The zero-order valence-corrected chi connectivity index (χ0v) is 8.00. The van der Waals surface area contributed by atoms with Gasteiger partial charge in [-0.15, -0.1) is 0 Å². The molecule has 0 atom stereocenters. The summed E-state index contributed by atoms with van der Waals surface area (Å²) in [5, 5.41) is 6.87. The topological polar surface area (TPSA) is 64.4 Å². The Balaban J connectivity index is 2.25. The Labute approximate surface area is 81.4 Å². The Bertz CT molecular complexity index is 346. The number of rotatable bonds is 2. The summed E-state index contributed by atoms with van der Waals surface area (Å²) in [6.07, 6.45) is 0.771. The number of ether oxygens (including phenoxy) is 1. The molecule has 0 saturated carbocycles. The Morgan fingerprint density at radius 1 is 1.71 bits per heavy atom. The van der Waals surface area contributed by atoms with Gasteiger partial charge in [-0.3, -0.25) is 0 Å². The predicted molar refractivity (Wildman–Crippen MR) is 47.9 cm³/mol. The van der Waals surface area contributed by atoms with E-state index in [-0.39, 0.29) is 5.97 Å². The number of carbonyl (C=O) groups excluding carboxylic acids is 1. The van der Waals surface area contributed by atoms with E-state index in [9.17, 15) is 4.79 Å². The zero-order chi connectivity index (χ0) is 9.97. The first-order chi connectivity index (χ1) is 6.83. The quantitative estimate of drug-likeness (QED) is 0.698. The summed E-state index contributed by atoms with van der Waals surface area (Å²) < 4.78 is 9.91. The standard InChI is InChI=1S/C9H12N2O3/c1-2-13-9(12)8-6-3-4-10-5-7(6)14-11-8/h10H,2-5H2,1H3. The van der Waals surface area contributed by atoms with Crippen molar-refractivity contribution in [1.82, 2.24) is 10.5 Å². The molecule has 2 heterocycles. The third-order valence-electron chi connectivity index (χ3n) is 2.18. The van der Waals surface area contributed by atoms with Crippen LogP contribution in [-0.2, 0) is 17.7 Å². The van der Waals surface area contributed by atoms with Gasteiger partial charge in [0.25, 0.3) is 0 Å². The summed E-state index contributed by atoms with van der Waals surface area (Å²) in [4.78, 5) is 11.4. The van der Waals surface area contributed by atoms with Gasteiger partial charge in [-0.1, -0.05) is 5.16 Å². The smallest absolute Gasteiger partial charge is 0.360 e. The van der Waals surface area contributed by atoms with Crippen molar-refractivity contribution in [2.75, 3.05) is 13.2 Å². The van der Waals surface area contributed by atoms with Crippen molar-refractivity contribution in [3.63, 3.8) is 0 Å². The SMILES string of the molecule is CCOC(=O)c1noc2c1CCNC2. The number of fused-ring (bicyclic) bond motifs is 1. The number of aromatic nitrogens is 1. The molecule has 0 spiro atoms. The summed E-state index contributed by atoms with van der Waals surface area (Å²) in [5.74, 6) is 0.360. The number of hydrogen-bond donors (Lipinski definition) is 1. The number of esters is 1. The molecule has 14 heavy (non-hydrogen) atoms. The maximum absolute atomic E-state index is 11.4. The summed E-state index contributed by atoms with van der Waals surface area (Å²) in [6, 6.07) is 0. The van der Waals surface area contributed by atoms with E-state index in [1.807, 2.05) is 0 Å². The highest BCUT2D eigenvalue weighted by Crippen LogP contribution is 2.18. The van der Waals surface area contributed by atoms with Crippen LogP contribution in [0.3, 0.4) is 0 Å². The number of hydrogen-bond acceptors (Lipinski definition) is 5. The first-order valence-corrected chi connectivity index (χ1v) is 4.68. The van der Waals surface area contributed by atoms with Crippen molar-refractivity contribution >= 4 is 5.97 Å². The minimum Gasteiger partial charge on any atom is -0.461 e. The van der Waals surface area contributed by atoms with Gasteiger partial charge in [-0.2, -0.15) is 0 Å². The molecule has 0 aromatic carbocycles. The highest BCUT2D eigenvalue weighted by molar-refractivity contribution is 5.89. The summed E-state index contributed by atoms with van der Waals surface area (Å²) in [7, 11) is 0. The second kappa shape index (κ2) is 3.79. The molecule has 0 saturated heterocycles. The van der Waals surface area contributed by atoms with Crippen molar-refractivity contribution < 1.29 is 14.1 Å².